The van der Waals surface area contributed by atoms with Crippen LogP contribution in [0.2, 0.25) is 0 Å². The van der Waals surface area contributed by atoms with Crippen LogP contribution in [0.25, 0.3) is 0 Å². The highest BCUT2D eigenvalue weighted by Crippen LogP contribution is 2.25. The molecule has 0 atom stereocenters. The molecule has 1 aromatic rings. The van der Waals surface area contributed by atoms with Gasteiger partial charge < -0.3 is 10.6 Å². The van der Waals surface area contributed by atoms with Crippen molar-refractivity contribution in [2.45, 2.75) is 32.7 Å². The molecule has 0 unspecified atom stereocenters. The lowest BCUT2D eigenvalue weighted by Crippen LogP contribution is -2.17. The molecule has 0 aliphatic rings. The minimum Gasteiger partial charge on any atom is -0.397 e. The molecule has 0 saturated carbocycles. The van der Waals surface area contributed by atoms with Crippen molar-refractivity contribution < 1.29 is 0 Å². The van der Waals surface area contributed by atoms with Crippen molar-refractivity contribution in [1.82, 2.24) is 9.88 Å². The number of hydrogen-bond donors (Lipinski definition) is 1. The van der Waals surface area contributed by atoms with Crippen molar-refractivity contribution in [3.63, 3.8) is 0 Å². The van der Waals surface area contributed by atoms with Gasteiger partial charge in [0.25, 0.3) is 0 Å². The molecule has 1 rings (SSSR count). The minimum absolute atomic E-state index is 0.0146. The monoisotopic (exact) mass is 207 g/mol. The van der Waals surface area contributed by atoms with Crippen molar-refractivity contribution in [2.75, 3.05) is 19.8 Å². The first-order valence-electron chi connectivity index (χ1n) is 5.20. The van der Waals surface area contributed by atoms with Gasteiger partial charge in [-0.25, -0.2) is 0 Å². The number of hydrogen-bond acceptors (Lipinski definition) is 3. The predicted octanol–water partition coefficient (Wildman–Crippen LogP) is 2.02. The molecule has 84 valence electrons. The predicted molar refractivity (Wildman–Crippen MR) is 64.7 cm³/mol. The maximum atomic E-state index is 6.00. The van der Waals surface area contributed by atoms with Crippen LogP contribution < -0.4 is 5.73 Å². The average Bonchev–Trinajstić information content (AvgIpc) is 1.99. The van der Waals surface area contributed by atoms with E-state index in [9.17, 15) is 0 Å². The van der Waals surface area contributed by atoms with Crippen LogP contribution >= 0.6 is 0 Å². The Hall–Kier alpha value is -1.09. The van der Waals surface area contributed by atoms with Crippen molar-refractivity contribution in [1.29, 1.82) is 0 Å². The topological polar surface area (TPSA) is 42.2 Å². The molecule has 0 fully saturated rings. The third-order valence-electron chi connectivity index (χ3n) is 2.18. The van der Waals surface area contributed by atoms with Crippen LogP contribution in [0.15, 0.2) is 12.3 Å². The van der Waals surface area contributed by atoms with Crippen molar-refractivity contribution in [2.24, 2.45) is 0 Å². The van der Waals surface area contributed by atoms with Gasteiger partial charge in [-0.3, -0.25) is 4.98 Å². The van der Waals surface area contributed by atoms with Gasteiger partial charge in [0.05, 0.1) is 11.4 Å². The number of aromatic nitrogens is 1. The summed E-state index contributed by atoms with van der Waals surface area (Å²) in [6.45, 7) is 7.24. The lowest BCUT2D eigenvalue weighted by atomic mass is 9.90. The molecule has 0 saturated heterocycles. The molecule has 3 heteroatoms. The summed E-state index contributed by atoms with van der Waals surface area (Å²) in [6, 6.07) is 2.02. The summed E-state index contributed by atoms with van der Waals surface area (Å²) in [5.74, 6) is 0. The molecule has 0 amide bonds. The summed E-state index contributed by atoms with van der Waals surface area (Å²) in [7, 11) is 4.07. The third kappa shape index (κ3) is 3.20. The Balaban J connectivity index is 2.99. The quantitative estimate of drug-likeness (QED) is 0.806. The van der Waals surface area contributed by atoms with E-state index in [4.69, 9.17) is 5.73 Å². The van der Waals surface area contributed by atoms with Crippen LogP contribution in [0.3, 0.4) is 0 Å². The van der Waals surface area contributed by atoms with Crippen LogP contribution in [0.4, 0.5) is 5.69 Å². The van der Waals surface area contributed by atoms with Gasteiger partial charge in [-0.2, -0.15) is 0 Å². The summed E-state index contributed by atoms with van der Waals surface area (Å²) < 4.78 is 0. The smallest absolute Gasteiger partial charge is 0.0686 e. The maximum absolute atomic E-state index is 6.00. The SMILES string of the molecule is CN(C)Cc1cnc(C(C)(C)C)c(N)c1. The van der Waals surface area contributed by atoms with Gasteiger partial charge >= 0.3 is 0 Å². The number of nitrogens with zero attached hydrogens (tertiary/aromatic N) is 2. The van der Waals surface area contributed by atoms with Crippen LogP contribution in [0.1, 0.15) is 32.0 Å². The Kier molecular flexibility index (Phi) is 3.35. The first-order valence-corrected chi connectivity index (χ1v) is 5.20. The second kappa shape index (κ2) is 4.19. The van der Waals surface area contributed by atoms with Crippen LogP contribution in [-0.4, -0.2) is 24.0 Å². The van der Waals surface area contributed by atoms with E-state index in [-0.39, 0.29) is 5.41 Å². The zero-order valence-corrected chi connectivity index (χ0v) is 10.3. The second-order valence-corrected chi connectivity index (χ2v) is 5.27. The van der Waals surface area contributed by atoms with Crippen molar-refractivity contribution >= 4 is 5.69 Å². The summed E-state index contributed by atoms with van der Waals surface area (Å²) in [5.41, 5.74) is 8.94. The molecule has 0 aliphatic carbocycles. The van der Waals surface area contributed by atoms with Gasteiger partial charge in [-0.05, 0) is 25.7 Å². The summed E-state index contributed by atoms with van der Waals surface area (Å²) in [5, 5.41) is 0. The number of nitrogen functional groups attached to an aromatic ring is 1. The summed E-state index contributed by atoms with van der Waals surface area (Å²) in [4.78, 5) is 6.56. The molecule has 15 heavy (non-hydrogen) atoms. The second-order valence-electron chi connectivity index (χ2n) is 5.27. The molecule has 1 aromatic heterocycles. The standard InChI is InChI=1S/C12H21N3/c1-12(2,3)11-10(13)6-9(7-14-11)8-15(4)5/h6-7H,8,13H2,1-5H3. The summed E-state index contributed by atoms with van der Waals surface area (Å²) >= 11 is 0. The van der Waals surface area contributed by atoms with E-state index in [1.165, 1.54) is 0 Å². The maximum Gasteiger partial charge on any atom is 0.0686 e. The Morgan fingerprint density at radius 3 is 2.33 bits per heavy atom. The lowest BCUT2D eigenvalue weighted by molar-refractivity contribution is 0.401. The van der Waals surface area contributed by atoms with E-state index in [1.807, 2.05) is 26.4 Å². The largest absolute Gasteiger partial charge is 0.397 e. The molecule has 1 heterocycles. The first kappa shape index (κ1) is 12.0. The zero-order chi connectivity index (χ0) is 11.6. The fourth-order valence-electron chi connectivity index (χ4n) is 1.61. The Morgan fingerprint density at radius 1 is 1.33 bits per heavy atom. The molecule has 0 radical (unpaired) electrons. The summed E-state index contributed by atoms with van der Waals surface area (Å²) in [6.07, 6.45) is 1.91. The first-order chi connectivity index (χ1) is 6.80. The molecule has 2 N–H and O–H groups in total. The average molecular weight is 207 g/mol. The van der Waals surface area contributed by atoms with E-state index in [0.717, 1.165) is 23.5 Å². The Morgan fingerprint density at radius 2 is 1.93 bits per heavy atom. The highest BCUT2D eigenvalue weighted by Gasteiger charge is 2.18. The molecule has 0 aromatic carbocycles. The number of nitrogens with two attached hydrogens (primary N) is 1. The van der Waals surface area contributed by atoms with Crippen molar-refractivity contribution in [3.8, 4) is 0 Å². The van der Waals surface area contributed by atoms with E-state index < -0.39 is 0 Å². The number of rotatable bonds is 2. The number of pyridine rings is 1. The molecular formula is C12H21N3. The van der Waals surface area contributed by atoms with Gasteiger partial charge in [-0.15, -0.1) is 0 Å². The van der Waals surface area contributed by atoms with Gasteiger partial charge in [-0.1, -0.05) is 20.8 Å². The minimum atomic E-state index is 0.0146. The van der Waals surface area contributed by atoms with E-state index in [1.54, 1.807) is 0 Å². The Bertz CT molecular complexity index is 337. The van der Waals surface area contributed by atoms with Gasteiger partial charge in [0, 0.05) is 18.2 Å². The van der Waals surface area contributed by atoms with E-state index in [2.05, 4.69) is 30.7 Å². The normalized spacial score (nSPS) is 12.1. The molecule has 0 spiro atoms. The van der Waals surface area contributed by atoms with Gasteiger partial charge in [0.15, 0.2) is 0 Å². The Labute approximate surface area is 92.3 Å². The number of anilines is 1. The van der Waals surface area contributed by atoms with Crippen molar-refractivity contribution in [3.05, 3.63) is 23.5 Å². The van der Waals surface area contributed by atoms with Gasteiger partial charge in [0.2, 0.25) is 0 Å². The molecule has 0 aliphatic heterocycles. The molecule has 3 nitrogen and oxygen atoms in total. The lowest BCUT2D eigenvalue weighted by Gasteiger charge is -2.20. The fourth-order valence-corrected chi connectivity index (χ4v) is 1.61. The third-order valence-corrected chi connectivity index (χ3v) is 2.18. The fraction of sp³-hybridized carbons (Fsp3) is 0.583. The van der Waals surface area contributed by atoms with Crippen LogP contribution in [0, 0.1) is 0 Å². The van der Waals surface area contributed by atoms with Crippen LogP contribution in [0.5, 0.6) is 0 Å². The highest BCUT2D eigenvalue weighted by atomic mass is 15.0. The van der Waals surface area contributed by atoms with Gasteiger partial charge in [0.1, 0.15) is 0 Å². The molecule has 0 bridgehead atoms. The van der Waals surface area contributed by atoms with E-state index in [0.29, 0.717) is 0 Å². The van der Waals surface area contributed by atoms with E-state index >= 15 is 0 Å². The van der Waals surface area contributed by atoms with Crippen LogP contribution in [-0.2, 0) is 12.0 Å². The molecular weight excluding hydrogens is 186 g/mol. The highest BCUT2D eigenvalue weighted by molar-refractivity contribution is 5.47. The zero-order valence-electron chi connectivity index (χ0n) is 10.3.